The molecule has 0 saturated carbocycles. The number of carbonyl (C=O) groups is 2. The van der Waals surface area contributed by atoms with Gasteiger partial charge in [0.05, 0.1) is 10.6 Å². The van der Waals surface area contributed by atoms with Gasteiger partial charge in [0.1, 0.15) is 11.9 Å². The lowest BCUT2D eigenvalue weighted by atomic mass is 9.94. The Kier molecular flexibility index (Phi) is 6.84. The molecule has 0 radical (unpaired) electrons. The molecule has 2 N–H and O–H groups in total. The molecule has 3 rings (SSSR count). The molecule has 16 heteroatoms. The van der Waals surface area contributed by atoms with Gasteiger partial charge in [-0.05, 0) is 42.0 Å². The quantitative estimate of drug-likeness (QED) is 0.515. The summed E-state index contributed by atoms with van der Waals surface area (Å²) in [5, 5.41) is 2.48. The van der Waals surface area contributed by atoms with E-state index in [0.717, 1.165) is 16.4 Å². The predicted molar refractivity (Wildman–Crippen MR) is 118 cm³/mol. The molecule has 1 fully saturated rings. The summed E-state index contributed by atoms with van der Waals surface area (Å²) in [4.78, 5) is 29.1. The largest absolute Gasteiger partial charge is 0.501 e. The summed E-state index contributed by atoms with van der Waals surface area (Å²) in [6, 6.07) is 4.11. The van der Waals surface area contributed by atoms with Gasteiger partial charge in [-0.25, -0.2) is 23.1 Å². The summed E-state index contributed by atoms with van der Waals surface area (Å²) in [5.74, 6) is -1.41. The van der Waals surface area contributed by atoms with Crippen LogP contribution in [0.5, 0.6) is 0 Å². The Balaban J connectivity index is 1.84. The smallest absolute Gasteiger partial charge is 0.325 e. The van der Waals surface area contributed by atoms with E-state index in [1.54, 1.807) is 6.92 Å². The highest BCUT2D eigenvalue weighted by atomic mass is 32.2. The second-order valence-corrected chi connectivity index (χ2v) is 11.5. The highest BCUT2D eigenvalue weighted by Gasteiger charge is 2.47. The summed E-state index contributed by atoms with van der Waals surface area (Å²) in [5.41, 5.74) is -5.17. The fourth-order valence-electron chi connectivity index (χ4n) is 3.19. The van der Waals surface area contributed by atoms with Gasteiger partial charge in [-0.1, -0.05) is 6.92 Å². The fourth-order valence-corrected chi connectivity index (χ4v) is 4.51. The van der Waals surface area contributed by atoms with Crippen LogP contribution in [0.2, 0.25) is 0 Å². The average molecular weight is 536 g/mol. The molecule has 190 valence electrons. The van der Waals surface area contributed by atoms with Gasteiger partial charge in [-0.15, -0.1) is 0 Å². The Morgan fingerprint density at radius 2 is 1.69 bits per heavy atom. The highest BCUT2D eigenvalue weighted by molar-refractivity contribution is 7.92. The van der Waals surface area contributed by atoms with E-state index in [-0.39, 0.29) is 11.5 Å². The molecular weight excluding hydrogens is 515 g/mol. The van der Waals surface area contributed by atoms with Crippen molar-refractivity contribution in [1.82, 2.24) is 14.6 Å². The Morgan fingerprint density at radius 3 is 2.23 bits per heavy atom. The molecule has 0 aliphatic carbocycles. The molecule has 0 bridgehead atoms. The summed E-state index contributed by atoms with van der Waals surface area (Å²) in [6.45, 7) is 1.60. The number of halogens is 3. The van der Waals surface area contributed by atoms with Gasteiger partial charge < -0.3 is 5.32 Å². The monoisotopic (exact) mass is 535 g/mol. The lowest BCUT2D eigenvalue weighted by molar-refractivity contribution is -0.118. The molecule has 1 aliphatic rings. The molecular formula is C19H20F3N5O6S2. The summed E-state index contributed by atoms with van der Waals surface area (Å²) in [6.07, 6.45) is 1.32. The van der Waals surface area contributed by atoms with E-state index in [0.29, 0.717) is 22.6 Å². The first kappa shape index (κ1) is 26.4. The number of nitrogens with one attached hydrogen (secondary N) is 2. The van der Waals surface area contributed by atoms with Crippen molar-refractivity contribution in [3.8, 4) is 0 Å². The maximum atomic E-state index is 13.0. The number of anilines is 2. The first-order chi connectivity index (χ1) is 16.1. The first-order valence-corrected chi connectivity index (χ1v) is 12.7. The number of rotatable bonds is 7. The number of pyridine rings is 1. The van der Waals surface area contributed by atoms with Crippen molar-refractivity contribution in [2.24, 2.45) is 0 Å². The number of carbonyl (C=O) groups excluding carboxylic acids is 2. The molecule has 1 aliphatic heterocycles. The number of urea groups is 1. The normalized spacial score (nSPS) is 18.0. The lowest BCUT2D eigenvalue weighted by Gasteiger charge is -2.19. The van der Waals surface area contributed by atoms with Crippen molar-refractivity contribution in [2.45, 2.75) is 29.3 Å². The van der Waals surface area contributed by atoms with Gasteiger partial charge in [0.2, 0.25) is 0 Å². The van der Waals surface area contributed by atoms with Gasteiger partial charge in [0.15, 0.2) is 0 Å². The molecule has 2 heterocycles. The van der Waals surface area contributed by atoms with Crippen molar-refractivity contribution in [3.63, 3.8) is 0 Å². The van der Waals surface area contributed by atoms with Crippen LogP contribution in [0.25, 0.3) is 0 Å². The number of benzene rings is 1. The van der Waals surface area contributed by atoms with Crippen LogP contribution in [0.4, 0.5) is 29.5 Å². The summed E-state index contributed by atoms with van der Waals surface area (Å²) >= 11 is 0. The number of aromatic nitrogens is 1. The standard InChI is InChI=1S/C19H20F3N5O6S2/c1-11(12-8-9-23-15(10-12)25-35(32,33)26(2)3)16-17(28)27(18(29)24-16)13-4-6-14(7-5-13)34(30,31)19(20,21)22/h4-11,16H,1-3H3,(H,23,25)(H,24,29). The number of amides is 3. The third-order valence-corrected chi connectivity index (χ3v) is 8.13. The van der Waals surface area contributed by atoms with E-state index in [2.05, 4.69) is 15.0 Å². The number of imide groups is 1. The van der Waals surface area contributed by atoms with E-state index in [1.807, 2.05) is 0 Å². The maximum Gasteiger partial charge on any atom is 0.501 e. The minimum atomic E-state index is -5.59. The SMILES string of the molecule is CC(c1ccnc(NS(=O)(=O)N(C)C)c1)C1NC(=O)N(c2ccc(S(=O)(=O)C(F)(F)F)cc2)C1=O. The third kappa shape index (κ3) is 5.08. The Morgan fingerprint density at radius 1 is 1.09 bits per heavy atom. The number of hydrogen-bond donors (Lipinski definition) is 2. The molecule has 0 spiro atoms. The molecule has 1 saturated heterocycles. The predicted octanol–water partition coefficient (Wildman–Crippen LogP) is 1.82. The van der Waals surface area contributed by atoms with Crippen LogP contribution in [0.15, 0.2) is 47.5 Å². The van der Waals surface area contributed by atoms with Crippen molar-refractivity contribution in [3.05, 3.63) is 48.2 Å². The van der Waals surface area contributed by atoms with E-state index in [4.69, 9.17) is 0 Å². The van der Waals surface area contributed by atoms with Crippen molar-refractivity contribution in [1.29, 1.82) is 0 Å². The molecule has 2 unspecified atom stereocenters. The zero-order valence-electron chi connectivity index (χ0n) is 18.4. The van der Waals surface area contributed by atoms with Gasteiger partial charge in [-0.3, -0.25) is 9.52 Å². The molecule has 11 nitrogen and oxygen atoms in total. The van der Waals surface area contributed by atoms with Crippen LogP contribution in [-0.2, 0) is 24.8 Å². The average Bonchev–Trinajstić information content (AvgIpc) is 3.06. The van der Waals surface area contributed by atoms with Crippen LogP contribution in [0.3, 0.4) is 0 Å². The molecule has 2 atom stereocenters. The van der Waals surface area contributed by atoms with Crippen LogP contribution in [-0.4, -0.2) is 63.7 Å². The van der Waals surface area contributed by atoms with Gasteiger partial charge >= 0.3 is 21.7 Å². The second-order valence-electron chi connectivity index (χ2n) is 7.70. The Bertz CT molecular complexity index is 1360. The van der Waals surface area contributed by atoms with Crippen LogP contribution < -0.4 is 14.9 Å². The number of nitrogens with zero attached hydrogens (tertiary/aromatic N) is 3. The Hall–Kier alpha value is -3.24. The van der Waals surface area contributed by atoms with E-state index in [1.165, 1.54) is 32.4 Å². The number of hydrogen-bond acceptors (Lipinski definition) is 7. The maximum absolute atomic E-state index is 13.0. The molecule has 1 aromatic carbocycles. The molecule has 3 amide bonds. The third-order valence-electron chi connectivity index (χ3n) is 5.20. The van der Waals surface area contributed by atoms with E-state index >= 15 is 0 Å². The molecule has 1 aromatic heterocycles. The van der Waals surface area contributed by atoms with Crippen molar-refractivity contribution in [2.75, 3.05) is 23.7 Å². The summed E-state index contributed by atoms with van der Waals surface area (Å²) < 4.78 is 88.5. The van der Waals surface area contributed by atoms with E-state index in [9.17, 15) is 39.6 Å². The number of alkyl halides is 3. The van der Waals surface area contributed by atoms with Crippen LogP contribution >= 0.6 is 0 Å². The van der Waals surface area contributed by atoms with E-state index < -0.39 is 54.3 Å². The van der Waals surface area contributed by atoms with Crippen molar-refractivity contribution < 1.29 is 39.6 Å². The minimum Gasteiger partial charge on any atom is -0.325 e. The number of sulfone groups is 1. The molecule has 2 aromatic rings. The van der Waals surface area contributed by atoms with Crippen molar-refractivity contribution >= 4 is 43.5 Å². The van der Waals surface area contributed by atoms with Crippen LogP contribution in [0, 0.1) is 0 Å². The van der Waals surface area contributed by atoms with Crippen LogP contribution in [0.1, 0.15) is 18.4 Å². The van der Waals surface area contributed by atoms with Gasteiger partial charge in [0, 0.05) is 26.2 Å². The fraction of sp³-hybridized carbons (Fsp3) is 0.316. The highest BCUT2D eigenvalue weighted by Crippen LogP contribution is 2.33. The zero-order valence-corrected chi connectivity index (χ0v) is 20.1. The second kappa shape index (κ2) is 9.09. The Labute approximate surface area is 199 Å². The molecule has 35 heavy (non-hydrogen) atoms. The summed E-state index contributed by atoms with van der Waals surface area (Å²) in [7, 11) is -6.78. The van der Waals surface area contributed by atoms with Gasteiger partial charge in [-0.2, -0.15) is 25.9 Å². The topological polar surface area (TPSA) is 146 Å². The first-order valence-electron chi connectivity index (χ1n) is 9.78. The lowest BCUT2D eigenvalue weighted by Crippen LogP contribution is -2.35. The minimum absolute atomic E-state index is 0.0156. The van der Waals surface area contributed by atoms with Gasteiger partial charge in [0.25, 0.3) is 15.7 Å². The zero-order chi connectivity index (χ0) is 26.3.